The van der Waals surface area contributed by atoms with Gasteiger partial charge in [-0.1, -0.05) is 60.7 Å². The molecule has 7 nitrogen and oxygen atoms in total. The molecule has 0 radical (unpaired) electrons. The Balaban J connectivity index is 1.59. The second kappa shape index (κ2) is 14.6. The van der Waals surface area contributed by atoms with Crippen molar-refractivity contribution in [2.45, 2.75) is 26.1 Å². The molecule has 250 valence electrons. The summed E-state index contributed by atoms with van der Waals surface area (Å²) >= 11 is 1.18. The molecule has 0 N–H and O–H groups in total. The molecule has 6 rings (SSSR count). The van der Waals surface area contributed by atoms with Crippen molar-refractivity contribution in [3.63, 3.8) is 0 Å². The van der Waals surface area contributed by atoms with Crippen LogP contribution in [0.25, 0.3) is 26.3 Å². The minimum atomic E-state index is -0.835. The van der Waals surface area contributed by atoms with Crippen molar-refractivity contribution >= 4 is 27.3 Å². The van der Waals surface area contributed by atoms with Gasteiger partial charge in [0.2, 0.25) is 0 Å². The number of benzene rings is 4. The van der Waals surface area contributed by atoms with E-state index in [2.05, 4.69) is 0 Å². The molecule has 49 heavy (non-hydrogen) atoms. The summed E-state index contributed by atoms with van der Waals surface area (Å²) in [5.41, 5.74) is 1.49. The highest BCUT2D eigenvalue weighted by Gasteiger charge is 2.26. The number of carbonyl (C=O) groups excluding carboxylic acids is 1. The maximum Gasteiger partial charge on any atom is 0.337 e. The average Bonchev–Trinajstić information content (AvgIpc) is 3.45. The number of ether oxygens (including phenoxy) is 1. The molecule has 0 saturated heterocycles. The third-order valence-corrected chi connectivity index (χ3v) is 9.49. The second-order valence-corrected chi connectivity index (χ2v) is 12.8. The number of ketones is 1. The number of hydrogen-bond acceptors (Lipinski definition) is 6. The summed E-state index contributed by atoms with van der Waals surface area (Å²) in [6, 6.07) is 25.5. The summed E-state index contributed by atoms with van der Waals surface area (Å²) in [4.78, 5) is 43.8. The molecule has 0 unspecified atom stereocenters. The quantitative estimate of drug-likeness (QED) is 0.143. The predicted molar refractivity (Wildman–Crippen MR) is 185 cm³/mol. The normalized spacial score (nSPS) is 11.5. The second-order valence-electron chi connectivity index (χ2n) is 11.8. The molecule has 2 aromatic heterocycles. The first kappa shape index (κ1) is 33.8. The number of thiophene rings is 1. The standard InChI is InChI=1S/C38H32F3N3O4S/c1-42(20-25-7-4-3-5-8-25)21-31-34-36(46)44(28-17-15-27(39)16-18-28)38(47)43(22-30-32(40)9-6-10-33(30)41)37(34)49-35(31)26-13-11-24(12-14-26)19-29(45)23-48-2/h3-18H,19-23H2,1-2H3. The van der Waals surface area contributed by atoms with Gasteiger partial charge in [-0.15, -0.1) is 11.3 Å². The van der Waals surface area contributed by atoms with E-state index in [0.29, 0.717) is 17.0 Å². The zero-order chi connectivity index (χ0) is 34.7. The van der Waals surface area contributed by atoms with E-state index in [1.807, 2.05) is 66.5 Å². The minimum absolute atomic E-state index is 0.00355. The number of halogens is 3. The van der Waals surface area contributed by atoms with Gasteiger partial charge < -0.3 is 4.74 Å². The number of Topliss-reactive ketones (excluding diaryl/α,β-unsaturated/α-hetero) is 1. The van der Waals surface area contributed by atoms with E-state index in [-0.39, 0.29) is 46.8 Å². The molecule has 0 aliphatic rings. The number of carbonyl (C=O) groups is 1. The Kier molecular flexibility index (Phi) is 10.0. The van der Waals surface area contributed by atoms with Crippen LogP contribution in [0.1, 0.15) is 22.3 Å². The molecular formula is C38H32F3N3O4S. The third kappa shape index (κ3) is 7.19. The van der Waals surface area contributed by atoms with Crippen molar-refractivity contribution in [1.82, 2.24) is 14.0 Å². The van der Waals surface area contributed by atoms with Gasteiger partial charge in [-0.25, -0.2) is 22.5 Å². The molecule has 11 heteroatoms. The molecule has 0 aliphatic carbocycles. The number of nitrogens with zero attached hydrogens (tertiary/aromatic N) is 3. The van der Waals surface area contributed by atoms with Crippen LogP contribution >= 0.6 is 11.3 Å². The molecule has 0 bridgehead atoms. The fourth-order valence-corrected chi connectivity index (χ4v) is 7.19. The van der Waals surface area contributed by atoms with Crippen LogP contribution in [0, 0.1) is 17.5 Å². The van der Waals surface area contributed by atoms with Gasteiger partial charge in [0.15, 0.2) is 5.78 Å². The summed E-state index contributed by atoms with van der Waals surface area (Å²) in [7, 11) is 3.37. The van der Waals surface area contributed by atoms with E-state index in [9.17, 15) is 18.8 Å². The fourth-order valence-electron chi connectivity index (χ4n) is 5.89. The van der Waals surface area contributed by atoms with Crippen molar-refractivity contribution in [3.05, 3.63) is 158 Å². The van der Waals surface area contributed by atoms with Crippen molar-refractivity contribution < 1.29 is 22.7 Å². The van der Waals surface area contributed by atoms with E-state index >= 15 is 8.78 Å². The van der Waals surface area contributed by atoms with Crippen LogP contribution in [0.4, 0.5) is 13.2 Å². The first-order chi connectivity index (χ1) is 23.6. The van der Waals surface area contributed by atoms with Gasteiger partial charge in [0.05, 0.1) is 17.6 Å². The lowest BCUT2D eigenvalue weighted by Crippen LogP contribution is -2.39. The van der Waals surface area contributed by atoms with Crippen LogP contribution in [0.5, 0.6) is 0 Å². The number of hydrogen-bond donors (Lipinski definition) is 0. The zero-order valence-corrected chi connectivity index (χ0v) is 27.6. The number of fused-ring (bicyclic) bond motifs is 1. The summed E-state index contributed by atoms with van der Waals surface area (Å²) in [5.74, 6) is -2.30. The Morgan fingerprint density at radius 3 is 2.12 bits per heavy atom. The minimum Gasteiger partial charge on any atom is -0.377 e. The zero-order valence-electron chi connectivity index (χ0n) is 26.8. The summed E-state index contributed by atoms with van der Waals surface area (Å²) in [6.45, 7) is 0.333. The number of rotatable bonds is 12. The third-order valence-electron chi connectivity index (χ3n) is 8.18. The van der Waals surface area contributed by atoms with Gasteiger partial charge in [-0.2, -0.15) is 0 Å². The Bertz CT molecular complexity index is 2230. The number of aromatic nitrogens is 2. The smallest absolute Gasteiger partial charge is 0.337 e. The monoisotopic (exact) mass is 683 g/mol. The Labute approximate surface area is 284 Å². The molecule has 0 atom stereocenters. The van der Waals surface area contributed by atoms with Gasteiger partial charge >= 0.3 is 5.69 Å². The largest absolute Gasteiger partial charge is 0.377 e. The van der Waals surface area contributed by atoms with E-state index in [1.165, 1.54) is 41.2 Å². The molecular weight excluding hydrogens is 651 g/mol. The highest BCUT2D eigenvalue weighted by Crippen LogP contribution is 2.38. The highest BCUT2D eigenvalue weighted by molar-refractivity contribution is 7.22. The maximum absolute atomic E-state index is 15.0. The average molecular weight is 684 g/mol. The Hall–Kier alpha value is -5.10. The van der Waals surface area contributed by atoms with Gasteiger partial charge in [-0.3, -0.25) is 19.1 Å². The van der Waals surface area contributed by atoms with E-state index < -0.39 is 35.2 Å². The molecule has 0 fully saturated rings. The number of methoxy groups -OCH3 is 1. The Morgan fingerprint density at radius 1 is 0.796 bits per heavy atom. The molecule has 0 aliphatic heterocycles. The van der Waals surface area contributed by atoms with Crippen molar-refractivity contribution in [2.75, 3.05) is 20.8 Å². The van der Waals surface area contributed by atoms with Crippen LogP contribution < -0.4 is 11.2 Å². The van der Waals surface area contributed by atoms with Crippen LogP contribution in [-0.4, -0.2) is 40.6 Å². The van der Waals surface area contributed by atoms with Crippen molar-refractivity contribution in [1.29, 1.82) is 0 Å². The molecule has 0 saturated carbocycles. The van der Waals surface area contributed by atoms with Crippen LogP contribution in [0.2, 0.25) is 0 Å². The first-order valence-corrected chi connectivity index (χ1v) is 16.3. The topological polar surface area (TPSA) is 73.5 Å². The highest BCUT2D eigenvalue weighted by atomic mass is 32.1. The van der Waals surface area contributed by atoms with Crippen LogP contribution in [0.15, 0.2) is 107 Å². The van der Waals surface area contributed by atoms with Crippen LogP contribution in [0.3, 0.4) is 0 Å². The van der Waals surface area contributed by atoms with Gasteiger partial charge in [0, 0.05) is 37.1 Å². The summed E-state index contributed by atoms with van der Waals surface area (Å²) in [6.07, 6.45) is 0.184. The molecule has 2 heterocycles. The van der Waals surface area contributed by atoms with Gasteiger partial charge in [0.25, 0.3) is 5.56 Å². The lowest BCUT2D eigenvalue weighted by Gasteiger charge is -2.18. The Morgan fingerprint density at radius 2 is 1.47 bits per heavy atom. The molecule has 0 amide bonds. The summed E-state index contributed by atoms with van der Waals surface area (Å²) < 4.78 is 51.1. The SMILES string of the molecule is COCC(=O)Cc1ccc(-c2sc3c(c2CN(C)Cc2ccccc2)c(=O)n(-c2ccc(F)cc2)c(=O)n3Cc2c(F)cccc2F)cc1. The maximum atomic E-state index is 15.0. The first-order valence-electron chi connectivity index (χ1n) is 15.5. The van der Waals surface area contributed by atoms with Crippen LogP contribution in [-0.2, 0) is 35.6 Å². The van der Waals surface area contributed by atoms with Crippen molar-refractivity contribution in [3.8, 4) is 16.1 Å². The molecule has 6 aromatic rings. The lowest BCUT2D eigenvalue weighted by molar-refractivity contribution is -0.121. The van der Waals surface area contributed by atoms with Gasteiger partial charge in [-0.05, 0) is 65.7 Å². The van der Waals surface area contributed by atoms with E-state index in [0.717, 1.165) is 45.5 Å². The van der Waals surface area contributed by atoms with Gasteiger partial charge in [0.1, 0.15) is 28.9 Å². The van der Waals surface area contributed by atoms with Crippen molar-refractivity contribution in [2.24, 2.45) is 0 Å². The fraction of sp³-hybridized carbons (Fsp3) is 0.184. The van der Waals surface area contributed by atoms with E-state index in [4.69, 9.17) is 4.74 Å². The molecule has 0 spiro atoms. The molecule has 4 aromatic carbocycles. The van der Waals surface area contributed by atoms with E-state index in [1.54, 1.807) is 0 Å². The lowest BCUT2D eigenvalue weighted by atomic mass is 10.0. The summed E-state index contributed by atoms with van der Waals surface area (Å²) in [5, 5.41) is 0.208. The predicted octanol–water partition coefficient (Wildman–Crippen LogP) is 6.74.